The third-order valence-electron chi connectivity index (χ3n) is 8.19. The average Bonchev–Trinajstić information content (AvgIpc) is 3.62. The highest BCUT2D eigenvalue weighted by Gasteiger charge is 2.41. The molecule has 1 fully saturated rings. The Morgan fingerprint density at radius 2 is 1.37 bits per heavy atom. The number of hydrogen-bond acceptors (Lipinski definition) is 13. The number of carboxylic acid groups (broad SMARTS) is 1. The smallest absolute Gasteiger partial charge is 0.328 e. The predicted octanol–water partition coefficient (Wildman–Crippen LogP) is -4.83. The third-order valence-corrected chi connectivity index (χ3v) is 8.84. The summed E-state index contributed by atoms with van der Waals surface area (Å²) in [5.74, 6) is -6.57. The standard InChI is InChI=1S/C32H49N7O12S/c1-17(43)25(31(49)39-11-6-9-24(39)30(48)37-23(16-42)32(50)51)38-29(47)22(15-41)36-27(45)20(10-12-52-2)34-28(46)21(14-40)35-26(44)19(33)13-18-7-4-3-5-8-18/h3-5,7-8,17,19-25,40-43H,6,9-16,33H2,1-2H3,(H,34,46)(H,35,44)(H,36,45)(H,37,48)(H,38,47)(H,50,51)/t17-,19+,20+,21+,22+,23+,24+,25+/m1/s1. The van der Waals surface area contributed by atoms with Crippen molar-refractivity contribution >= 4 is 53.2 Å². The van der Waals surface area contributed by atoms with Gasteiger partial charge in [0.1, 0.15) is 36.3 Å². The molecule has 1 saturated heterocycles. The van der Waals surface area contributed by atoms with Crippen LogP contribution < -0.4 is 32.3 Å². The highest BCUT2D eigenvalue weighted by atomic mass is 32.2. The van der Waals surface area contributed by atoms with Crippen molar-refractivity contribution in [2.45, 2.75) is 81.0 Å². The number of hydrogen-bond donors (Lipinski definition) is 11. The van der Waals surface area contributed by atoms with Gasteiger partial charge in [-0.1, -0.05) is 30.3 Å². The second kappa shape index (κ2) is 21.9. The van der Waals surface area contributed by atoms with E-state index in [1.807, 2.05) is 0 Å². The first-order chi connectivity index (χ1) is 24.7. The summed E-state index contributed by atoms with van der Waals surface area (Å²) in [6.07, 6.45) is 0.870. The number of aliphatic hydroxyl groups excluding tert-OH is 4. The van der Waals surface area contributed by atoms with Crippen LogP contribution in [0.3, 0.4) is 0 Å². The zero-order valence-corrected chi connectivity index (χ0v) is 29.7. The zero-order chi connectivity index (χ0) is 39.0. The lowest BCUT2D eigenvalue weighted by molar-refractivity contribution is -0.146. The van der Waals surface area contributed by atoms with Gasteiger partial charge >= 0.3 is 5.97 Å². The Balaban J connectivity index is 2.10. The Morgan fingerprint density at radius 1 is 0.827 bits per heavy atom. The van der Waals surface area contributed by atoms with Crippen molar-refractivity contribution in [2.75, 3.05) is 38.4 Å². The summed E-state index contributed by atoms with van der Waals surface area (Å²) in [6, 6.07) is -1.09. The van der Waals surface area contributed by atoms with Crippen LogP contribution in [-0.2, 0) is 40.0 Å². The number of amides is 6. The first kappa shape index (κ1) is 43.8. The van der Waals surface area contributed by atoms with E-state index < -0.39 is 110 Å². The molecule has 1 heterocycles. The SMILES string of the molecule is CSCC[C@H](NC(=O)[C@H](CO)NC(=O)[C@@H](N)Cc1ccccc1)C(=O)N[C@@H](CO)C(=O)N[C@H](C(=O)N1CCC[C@H]1C(=O)N[C@@H](CO)C(=O)O)[C@@H](C)O. The molecule has 52 heavy (non-hydrogen) atoms. The molecular formula is C32H49N7O12S. The van der Waals surface area contributed by atoms with Gasteiger partial charge < -0.3 is 62.8 Å². The average molecular weight is 756 g/mol. The van der Waals surface area contributed by atoms with E-state index in [0.717, 1.165) is 10.5 Å². The van der Waals surface area contributed by atoms with Crippen molar-refractivity contribution in [3.05, 3.63) is 35.9 Å². The molecule has 19 nitrogen and oxygen atoms in total. The van der Waals surface area contributed by atoms with Gasteiger partial charge in [0, 0.05) is 6.54 Å². The van der Waals surface area contributed by atoms with Gasteiger partial charge in [-0.15, -0.1) is 0 Å². The lowest BCUT2D eigenvalue weighted by Gasteiger charge is -2.31. The molecule has 290 valence electrons. The predicted molar refractivity (Wildman–Crippen MR) is 186 cm³/mol. The molecule has 0 aromatic heterocycles. The van der Waals surface area contributed by atoms with Gasteiger partial charge in [-0.25, -0.2) is 4.79 Å². The molecule has 0 bridgehead atoms. The van der Waals surface area contributed by atoms with Crippen LogP contribution in [0.25, 0.3) is 0 Å². The highest BCUT2D eigenvalue weighted by molar-refractivity contribution is 7.98. The van der Waals surface area contributed by atoms with Gasteiger partial charge in [-0.2, -0.15) is 11.8 Å². The number of nitrogens with zero attached hydrogens (tertiary/aromatic N) is 1. The number of nitrogens with one attached hydrogen (secondary N) is 5. The molecular weight excluding hydrogens is 706 g/mol. The normalized spacial score (nSPS) is 18.1. The van der Waals surface area contributed by atoms with E-state index in [0.29, 0.717) is 12.2 Å². The topological polar surface area (TPSA) is 310 Å². The molecule has 1 aromatic rings. The number of benzene rings is 1. The fourth-order valence-electron chi connectivity index (χ4n) is 5.25. The molecule has 1 aliphatic rings. The van der Waals surface area contributed by atoms with Crippen LogP contribution in [0, 0.1) is 0 Å². The summed E-state index contributed by atoms with van der Waals surface area (Å²) in [5.41, 5.74) is 6.76. The number of aliphatic carboxylic acids is 1. The van der Waals surface area contributed by atoms with Gasteiger partial charge in [0.2, 0.25) is 35.4 Å². The number of carbonyl (C=O) groups excluding carboxylic acids is 6. The molecule has 12 N–H and O–H groups in total. The van der Waals surface area contributed by atoms with Crippen molar-refractivity contribution < 1.29 is 59.1 Å². The molecule has 2 rings (SSSR count). The summed E-state index contributed by atoms with van der Waals surface area (Å²) in [4.78, 5) is 90.8. The molecule has 0 saturated carbocycles. The molecule has 1 aromatic carbocycles. The second-order valence-corrected chi connectivity index (χ2v) is 13.1. The van der Waals surface area contributed by atoms with E-state index >= 15 is 0 Å². The van der Waals surface area contributed by atoms with Gasteiger partial charge in [0.15, 0.2) is 0 Å². The Bertz CT molecular complexity index is 1390. The minimum absolute atomic E-state index is 0.0259. The Labute approximate surface area is 304 Å². The van der Waals surface area contributed by atoms with Crippen LogP contribution in [0.5, 0.6) is 0 Å². The molecule has 0 spiro atoms. The lowest BCUT2D eigenvalue weighted by Crippen LogP contribution is -2.62. The van der Waals surface area contributed by atoms with Crippen molar-refractivity contribution in [3.8, 4) is 0 Å². The van der Waals surface area contributed by atoms with Crippen LogP contribution >= 0.6 is 11.8 Å². The van der Waals surface area contributed by atoms with E-state index in [1.54, 1.807) is 36.6 Å². The minimum atomic E-state index is -1.68. The number of likely N-dealkylation sites (tertiary alicyclic amines) is 1. The largest absolute Gasteiger partial charge is 0.480 e. The summed E-state index contributed by atoms with van der Waals surface area (Å²) < 4.78 is 0. The van der Waals surface area contributed by atoms with Gasteiger partial charge in [0.25, 0.3) is 0 Å². The van der Waals surface area contributed by atoms with Crippen LogP contribution in [-0.4, -0.2) is 159 Å². The molecule has 8 atom stereocenters. The van der Waals surface area contributed by atoms with Crippen LogP contribution in [0.1, 0.15) is 31.7 Å². The quantitative estimate of drug-likeness (QED) is 0.0561. The van der Waals surface area contributed by atoms with Crippen molar-refractivity contribution in [1.29, 1.82) is 0 Å². The monoisotopic (exact) mass is 755 g/mol. The van der Waals surface area contributed by atoms with E-state index in [2.05, 4.69) is 26.6 Å². The maximum absolute atomic E-state index is 13.5. The Morgan fingerprint density at radius 3 is 1.90 bits per heavy atom. The Hall–Kier alpha value is -4.34. The maximum atomic E-state index is 13.5. The van der Waals surface area contributed by atoms with Crippen molar-refractivity contribution in [3.63, 3.8) is 0 Å². The first-order valence-electron chi connectivity index (χ1n) is 16.5. The zero-order valence-electron chi connectivity index (χ0n) is 28.9. The Kier molecular flexibility index (Phi) is 18.4. The summed E-state index contributed by atoms with van der Waals surface area (Å²) in [5, 5.41) is 60.2. The number of nitrogens with two attached hydrogens (primary N) is 1. The highest BCUT2D eigenvalue weighted by Crippen LogP contribution is 2.20. The van der Waals surface area contributed by atoms with Crippen molar-refractivity contribution in [2.24, 2.45) is 5.73 Å². The summed E-state index contributed by atoms with van der Waals surface area (Å²) in [6.45, 7) is -1.48. The number of rotatable bonds is 21. The summed E-state index contributed by atoms with van der Waals surface area (Å²) >= 11 is 1.33. The third kappa shape index (κ3) is 13.0. The summed E-state index contributed by atoms with van der Waals surface area (Å²) in [7, 11) is 0. The number of carbonyl (C=O) groups is 7. The molecule has 20 heteroatoms. The van der Waals surface area contributed by atoms with E-state index in [1.165, 1.54) is 18.7 Å². The van der Waals surface area contributed by atoms with Crippen LogP contribution in [0.4, 0.5) is 0 Å². The van der Waals surface area contributed by atoms with E-state index in [4.69, 9.17) is 10.8 Å². The van der Waals surface area contributed by atoms with Gasteiger partial charge in [-0.05, 0) is 50.2 Å². The first-order valence-corrected chi connectivity index (χ1v) is 17.9. The molecule has 1 aliphatic heterocycles. The van der Waals surface area contributed by atoms with E-state index in [-0.39, 0.29) is 25.8 Å². The molecule has 0 aliphatic carbocycles. The fraction of sp³-hybridized carbons (Fsp3) is 0.594. The molecule has 0 unspecified atom stereocenters. The number of thioether (sulfide) groups is 1. The van der Waals surface area contributed by atoms with Gasteiger partial charge in [0.05, 0.1) is 32.0 Å². The second-order valence-electron chi connectivity index (χ2n) is 12.1. The van der Waals surface area contributed by atoms with Crippen LogP contribution in [0.15, 0.2) is 30.3 Å². The fourth-order valence-corrected chi connectivity index (χ4v) is 5.73. The molecule has 0 radical (unpaired) electrons. The van der Waals surface area contributed by atoms with Crippen LogP contribution in [0.2, 0.25) is 0 Å². The van der Waals surface area contributed by atoms with Crippen molar-refractivity contribution in [1.82, 2.24) is 31.5 Å². The number of aliphatic hydroxyl groups is 4. The number of carboxylic acids is 1. The molecule has 6 amide bonds. The maximum Gasteiger partial charge on any atom is 0.328 e. The van der Waals surface area contributed by atoms with Gasteiger partial charge in [-0.3, -0.25) is 28.8 Å². The minimum Gasteiger partial charge on any atom is -0.480 e. The van der Waals surface area contributed by atoms with E-state index in [9.17, 15) is 54.0 Å². The lowest BCUT2D eigenvalue weighted by atomic mass is 10.1.